The van der Waals surface area contributed by atoms with E-state index >= 15 is 0 Å². The Balaban J connectivity index is 1.65. The van der Waals surface area contributed by atoms with E-state index in [0.29, 0.717) is 18.5 Å². The summed E-state index contributed by atoms with van der Waals surface area (Å²) in [7, 11) is 0. The van der Waals surface area contributed by atoms with Crippen LogP contribution in [-0.2, 0) is 4.79 Å². The molecule has 200 valence electrons. The zero-order chi connectivity index (χ0) is 27.6. The van der Waals surface area contributed by atoms with E-state index in [1.165, 1.54) is 11.1 Å². The highest BCUT2D eigenvalue weighted by Gasteiger charge is 2.30. The minimum Gasteiger partial charge on any atom is -0.324 e. The molecule has 2 N–H and O–H groups in total. The maximum atomic E-state index is 13.4. The van der Waals surface area contributed by atoms with Gasteiger partial charge in [0.15, 0.2) is 0 Å². The summed E-state index contributed by atoms with van der Waals surface area (Å²) in [6.45, 7) is 17.7. The van der Waals surface area contributed by atoms with Crippen LogP contribution >= 0.6 is 0 Å². The van der Waals surface area contributed by atoms with Gasteiger partial charge in [0.05, 0.1) is 24.6 Å². The van der Waals surface area contributed by atoms with Crippen molar-refractivity contribution in [1.29, 1.82) is 0 Å². The number of carbonyl (C=O) groups excluding carboxylic acids is 1. The molecule has 0 unspecified atom stereocenters. The third kappa shape index (κ3) is 5.76. The van der Waals surface area contributed by atoms with Crippen LogP contribution in [0.3, 0.4) is 0 Å². The van der Waals surface area contributed by atoms with Crippen LogP contribution in [0.15, 0.2) is 59.6 Å². The fourth-order valence-electron chi connectivity index (χ4n) is 5.19. The maximum absolute atomic E-state index is 13.4. The Morgan fingerprint density at radius 3 is 1.87 bits per heavy atom. The van der Waals surface area contributed by atoms with E-state index in [2.05, 4.69) is 126 Å². The summed E-state index contributed by atoms with van der Waals surface area (Å²) < 4.78 is 0. The van der Waals surface area contributed by atoms with Crippen LogP contribution in [0.1, 0.15) is 72.9 Å². The molecule has 1 aliphatic rings. The van der Waals surface area contributed by atoms with Crippen molar-refractivity contribution < 1.29 is 4.79 Å². The number of anilines is 2. The standard InChI is InChI=1S/C32H41N5O/c1-20(2)26-16-11-17-27(21(3)4)30(26)33-28(38)18-36-19-37(31-24(7)14-10-15-25(31)8)32(35-36)34-29-22(5)12-9-13-23(29)6/h9-17,20-21H,18-19H2,1-8H3,(H,33,38)(H,34,35). The molecule has 0 saturated carbocycles. The van der Waals surface area contributed by atoms with E-state index in [4.69, 9.17) is 4.99 Å². The van der Waals surface area contributed by atoms with Gasteiger partial charge in [-0.1, -0.05) is 82.3 Å². The summed E-state index contributed by atoms with van der Waals surface area (Å²) in [5.41, 5.74) is 13.3. The van der Waals surface area contributed by atoms with Gasteiger partial charge in [-0.2, -0.15) is 5.01 Å². The van der Waals surface area contributed by atoms with Crippen molar-refractivity contribution in [3.05, 3.63) is 88.0 Å². The molecular weight excluding hydrogens is 470 g/mol. The molecule has 4 rings (SSSR count). The van der Waals surface area contributed by atoms with Crippen LogP contribution in [-0.4, -0.2) is 30.1 Å². The van der Waals surface area contributed by atoms with E-state index in [1.807, 2.05) is 5.01 Å². The van der Waals surface area contributed by atoms with Gasteiger partial charge >= 0.3 is 0 Å². The number of rotatable bonds is 7. The van der Waals surface area contributed by atoms with Crippen molar-refractivity contribution in [3.63, 3.8) is 0 Å². The zero-order valence-corrected chi connectivity index (χ0v) is 24.0. The molecule has 6 heteroatoms. The second kappa shape index (κ2) is 11.4. The molecule has 1 heterocycles. The largest absolute Gasteiger partial charge is 0.324 e. The lowest BCUT2D eigenvalue weighted by Gasteiger charge is -2.22. The van der Waals surface area contributed by atoms with Crippen LogP contribution < -0.4 is 15.6 Å². The molecule has 0 radical (unpaired) electrons. The summed E-state index contributed by atoms with van der Waals surface area (Å²) in [5, 5.41) is 5.18. The molecule has 3 aromatic carbocycles. The summed E-state index contributed by atoms with van der Waals surface area (Å²) >= 11 is 0. The van der Waals surface area contributed by atoms with Gasteiger partial charge in [0.2, 0.25) is 11.9 Å². The van der Waals surface area contributed by atoms with Crippen molar-refractivity contribution in [2.75, 3.05) is 23.4 Å². The number of benzene rings is 3. The number of amides is 1. The third-order valence-corrected chi connectivity index (χ3v) is 7.16. The van der Waals surface area contributed by atoms with Gasteiger partial charge in [0.25, 0.3) is 0 Å². The fourth-order valence-corrected chi connectivity index (χ4v) is 5.19. The predicted molar refractivity (Wildman–Crippen MR) is 159 cm³/mol. The number of hydrogen-bond acceptors (Lipinski definition) is 3. The number of para-hydroxylation sites is 3. The summed E-state index contributed by atoms with van der Waals surface area (Å²) in [6, 6.07) is 18.8. The maximum Gasteiger partial charge on any atom is 0.240 e. The average molecular weight is 512 g/mol. The smallest absolute Gasteiger partial charge is 0.240 e. The highest BCUT2D eigenvalue weighted by atomic mass is 16.2. The van der Waals surface area contributed by atoms with Gasteiger partial charge in [-0.15, -0.1) is 0 Å². The Morgan fingerprint density at radius 2 is 1.34 bits per heavy atom. The zero-order valence-electron chi connectivity index (χ0n) is 24.0. The van der Waals surface area contributed by atoms with Crippen molar-refractivity contribution in [2.24, 2.45) is 4.99 Å². The lowest BCUT2D eigenvalue weighted by molar-refractivity contribution is -0.117. The van der Waals surface area contributed by atoms with E-state index < -0.39 is 0 Å². The first-order valence-corrected chi connectivity index (χ1v) is 13.5. The molecular formula is C32H41N5O. The lowest BCUT2D eigenvalue weighted by atomic mass is 9.92. The number of hydrazine groups is 1. The molecule has 3 aromatic rings. The SMILES string of the molecule is Cc1cccc(C)c1N=C1NN(CC(=O)Nc2c(C(C)C)cccc2C(C)C)CN1c1c(C)cccc1C. The van der Waals surface area contributed by atoms with Gasteiger partial charge in [0, 0.05) is 5.69 Å². The van der Waals surface area contributed by atoms with Crippen LogP contribution in [0.25, 0.3) is 0 Å². The second-order valence-corrected chi connectivity index (χ2v) is 11.0. The number of nitrogens with one attached hydrogen (secondary N) is 2. The van der Waals surface area contributed by atoms with Gasteiger partial charge in [-0.3, -0.25) is 15.1 Å². The molecule has 1 amide bonds. The number of hydrogen-bond donors (Lipinski definition) is 2. The minimum atomic E-state index is -0.0534. The van der Waals surface area contributed by atoms with Crippen LogP contribution in [0, 0.1) is 27.7 Å². The molecule has 6 nitrogen and oxygen atoms in total. The Bertz CT molecular complexity index is 1290. The van der Waals surface area contributed by atoms with Gasteiger partial charge in [0.1, 0.15) is 0 Å². The quantitative estimate of drug-likeness (QED) is 0.356. The molecule has 38 heavy (non-hydrogen) atoms. The van der Waals surface area contributed by atoms with Gasteiger partial charge in [-0.05, 0) is 72.9 Å². The van der Waals surface area contributed by atoms with E-state index in [1.54, 1.807) is 0 Å². The van der Waals surface area contributed by atoms with Crippen molar-refractivity contribution in [3.8, 4) is 0 Å². The normalized spacial score (nSPS) is 15.0. The van der Waals surface area contributed by atoms with E-state index in [0.717, 1.165) is 45.3 Å². The van der Waals surface area contributed by atoms with Gasteiger partial charge in [-0.25, -0.2) is 4.99 Å². The predicted octanol–water partition coefficient (Wildman–Crippen LogP) is 7.08. The Kier molecular flexibility index (Phi) is 8.22. The van der Waals surface area contributed by atoms with Crippen molar-refractivity contribution in [2.45, 2.75) is 67.2 Å². The van der Waals surface area contributed by atoms with E-state index in [9.17, 15) is 4.79 Å². The number of carbonyl (C=O) groups is 1. The fraction of sp³-hybridized carbons (Fsp3) is 0.375. The molecule has 1 aliphatic heterocycles. The minimum absolute atomic E-state index is 0.0534. The Labute approximate surface area is 227 Å². The van der Waals surface area contributed by atoms with Crippen LogP contribution in [0.5, 0.6) is 0 Å². The summed E-state index contributed by atoms with van der Waals surface area (Å²) in [4.78, 5) is 20.7. The summed E-state index contributed by atoms with van der Waals surface area (Å²) in [5.74, 6) is 1.29. The first kappa shape index (κ1) is 27.4. The summed E-state index contributed by atoms with van der Waals surface area (Å²) in [6.07, 6.45) is 0. The van der Waals surface area contributed by atoms with Crippen molar-refractivity contribution in [1.82, 2.24) is 10.4 Å². The van der Waals surface area contributed by atoms with E-state index in [-0.39, 0.29) is 12.5 Å². The molecule has 0 spiro atoms. The molecule has 1 saturated heterocycles. The lowest BCUT2D eigenvalue weighted by Crippen LogP contribution is -2.39. The number of aryl methyl sites for hydroxylation is 4. The van der Waals surface area contributed by atoms with Crippen LogP contribution in [0.2, 0.25) is 0 Å². The topological polar surface area (TPSA) is 60.0 Å². The first-order chi connectivity index (χ1) is 18.1. The first-order valence-electron chi connectivity index (χ1n) is 13.5. The Morgan fingerprint density at radius 1 is 0.842 bits per heavy atom. The van der Waals surface area contributed by atoms with Crippen molar-refractivity contribution >= 4 is 28.9 Å². The number of nitrogens with zero attached hydrogens (tertiary/aromatic N) is 3. The third-order valence-electron chi connectivity index (χ3n) is 7.16. The molecule has 1 fully saturated rings. The highest BCUT2D eigenvalue weighted by molar-refractivity contribution is 6.01. The number of aliphatic imine (C=N–C) groups is 1. The molecule has 0 aliphatic carbocycles. The second-order valence-electron chi connectivity index (χ2n) is 11.0. The highest BCUT2D eigenvalue weighted by Crippen LogP contribution is 2.33. The average Bonchev–Trinajstić information content (AvgIpc) is 3.22. The monoisotopic (exact) mass is 511 g/mol. The Hall–Kier alpha value is -3.64. The molecule has 0 aromatic heterocycles. The molecule has 0 atom stereocenters. The number of guanidine groups is 1. The van der Waals surface area contributed by atoms with Crippen LogP contribution in [0.4, 0.5) is 17.1 Å². The van der Waals surface area contributed by atoms with Gasteiger partial charge < -0.3 is 5.32 Å². The molecule has 0 bridgehead atoms.